The highest BCUT2D eigenvalue weighted by Crippen LogP contribution is 2.68. The van der Waals surface area contributed by atoms with E-state index in [0.717, 1.165) is 31.1 Å². The summed E-state index contributed by atoms with van der Waals surface area (Å²) in [7, 11) is 0. The molecule has 2 aromatic carbocycles. The molecule has 1 saturated heterocycles. The first-order valence-electron chi connectivity index (χ1n) is 23.8. The molecule has 0 spiro atoms. The number of carbonyl (C=O) groups is 4. The van der Waals surface area contributed by atoms with Crippen LogP contribution in [0, 0.1) is 52.2 Å². The number of nitrogens with one attached hydrogen (secondary N) is 3. The molecule has 0 radical (unpaired) electrons. The maximum atomic E-state index is 14.0. The molecule has 0 bridgehead atoms. The van der Waals surface area contributed by atoms with Crippen molar-refractivity contribution in [1.29, 1.82) is 0 Å². The predicted molar refractivity (Wildman–Crippen MR) is 242 cm³/mol. The minimum atomic E-state index is -1.27. The van der Waals surface area contributed by atoms with Gasteiger partial charge in [0.1, 0.15) is 23.7 Å². The second-order valence-corrected chi connectivity index (χ2v) is 21.0. The minimum absolute atomic E-state index is 0.0122. The molecule has 1 aliphatic heterocycles. The van der Waals surface area contributed by atoms with E-state index in [1.165, 1.54) is 12.1 Å². The Morgan fingerprint density at radius 3 is 2.38 bits per heavy atom. The number of aromatic nitrogens is 1. The smallest absolute Gasteiger partial charge is 0.331 e. The molecule has 5 fully saturated rings. The van der Waals surface area contributed by atoms with Crippen LogP contribution in [0.1, 0.15) is 107 Å². The third-order valence-corrected chi connectivity index (χ3v) is 17.2. The van der Waals surface area contributed by atoms with Gasteiger partial charge in [-0.15, -0.1) is 0 Å². The number of hydrogen-bond donors (Lipinski definition) is 7. The van der Waals surface area contributed by atoms with Gasteiger partial charge >= 0.3 is 5.97 Å². The molecule has 7 N–H and O–H groups in total. The predicted octanol–water partition coefficient (Wildman–Crippen LogP) is 5.69. The highest BCUT2D eigenvalue weighted by Gasteiger charge is 2.65. The van der Waals surface area contributed by atoms with Gasteiger partial charge in [-0.1, -0.05) is 44.5 Å². The van der Waals surface area contributed by atoms with Crippen LogP contribution in [0.15, 0.2) is 48.5 Å². The van der Waals surface area contributed by atoms with Crippen molar-refractivity contribution in [1.82, 2.24) is 20.5 Å². The molecule has 4 saturated carbocycles. The summed E-state index contributed by atoms with van der Waals surface area (Å²) in [6, 6.07) is 10.3. The summed E-state index contributed by atoms with van der Waals surface area (Å²) in [6.45, 7) is 6.43. The van der Waals surface area contributed by atoms with Crippen LogP contribution in [-0.2, 0) is 25.5 Å². The van der Waals surface area contributed by atoms with E-state index in [9.17, 15) is 44.0 Å². The number of amides is 3. The Kier molecular flexibility index (Phi) is 14.1. The molecular formula is C50H66ClFN4O9. The standard InChI is InChI=1S/C50H66ClFN4O9/c1-27(35-10-11-36-45-37(25-43(60)50(35,36)3)49(2)17-14-33(58)23-30(49)24-42(45)59)4-13-44(61)54-41(26-57)48(64)65-34-15-18-56(19-16-34)47(63)40(20-28-5-8-32(52)9-6-28)55-46(62)39-22-29-21-31(51)7-12-38(29)53-39/h5-9,12,21-22,27,30,33-37,40-43,45,53,57-60H,4,10-11,13-20,23-26H2,1-3H3,(H,54,61)(H,55,62)/t27-,30+,33-,35-,36?,37?,40+,41+,42-,43+,45?,49+,50-/m1/s1. The molecular weight excluding hydrogens is 855 g/mol. The van der Waals surface area contributed by atoms with Crippen molar-refractivity contribution in [3.8, 4) is 0 Å². The van der Waals surface area contributed by atoms with Gasteiger partial charge in [0.2, 0.25) is 11.8 Å². The van der Waals surface area contributed by atoms with Gasteiger partial charge in [0.05, 0.1) is 24.9 Å². The van der Waals surface area contributed by atoms with Crippen molar-refractivity contribution in [2.45, 2.75) is 134 Å². The maximum Gasteiger partial charge on any atom is 0.331 e. The molecule has 3 amide bonds. The van der Waals surface area contributed by atoms with Crippen LogP contribution in [-0.4, -0.2) is 110 Å². The third kappa shape index (κ3) is 9.57. The van der Waals surface area contributed by atoms with Crippen LogP contribution in [0.2, 0.25) is 5.02 Å². The number of hydrogen-bond acceptors (Lipinski definition) is 9. The molecule has 1 aromatic heterocycles. The average molecular weight is 922 g/mol. The van der Waals surface area contributed by atoms with E-state index < -0.39 is 60.1 Å². The summed E-state index contributed by atoms with van der Waals surface area (Å²) in [4.78, 5) is 58.7. The number of esters is 1. The van der Waals surface area contributed by atoms with Crippen molar-refractivity contribution in [3.63, 3.8) is 0 Å². The fourth-order valence-corrected chi connectivity index (χ4v) is 13.5. The molecule has 4 aliphatic carbocycles. The molecule has 13 nitrogen and oxygen atoms in total. The zero-order valence-corrected chi connectivity index (χ0v) is 38.4. The maximum absolute atomic E-state index is 14.0. The van der Waals surface area contributed by atoms with Crippen molar-refractivity contribution in [2.75, 3.05) is 19.7 Å². The lowest BCUT2D eigenvalue weighted by molar-refractivity contribution is -0.207. The van der Waals surface area contributed by atoms with Crippen molar-refractivity contribution in [2.24, 2.45) is 46.3 Å². The second kappa shape index (κ2) is 19.3. The molecule has 3 unspecified atom stereocenters. The monoisotopic (exact) mass is 920 g/mol. The first kappa shape index (κ1) is 47.4. The largest absolute Gasteiger partial charge is 0.461 e. The molecule has 13 atom stereocenters. The van der Waals surface area contributed by atoms with Crippen LogP contribution in [0.25, 0.3) is 10.9 Å². The normalized spacial score (nSPS) is 32.7. The van der Waals surface area contributed by atoms with E-state index in [2.05, 4.69) is 36.4 Å². The summed E-state index contributed by atoms with van der Waals surface area (Å²) >= 11 is 6.14. The molecule has 3 aromatic rings. The second-order valence-electron chi connectivity index (χ2n) is 20.6. The van der Waals surface area contributed by atoms with E-state index in [-0.39, 0.29) is 90.5 Å². The topological polar surface area (TPSA) is 202 Å². The van der Waals surface area contributed by atoms with Crippen LogP contribution < -0.4 is 10.6 Å². The van der Waals surface area contributed by atoms with Gasteiger partial charge in [0.15, 0.2) is 6.04 Å². The van der Waals surface area contributed by atoms with Gasteiger partial charge in [-0.2, -0.15) is 0 Å². The zero-order valence-electron chi connectivity index (χ0n) is 37.7. The fourth-order valence-electron chi connectivity index (χ4n) is 13.3. The number of rotatable bonds is 13. The van der Waals surface area contributed by atoms with Crippen LogP contribution >= 0.6 is 11.6 Å². The molecule has 354 valence electrons. The SMILES string of the molecule is C[C@H](CCC(=O)N[C@@H](CO)C(=O)OC1CCN(C(=O)[C@H](Cc2ccc(F)cc2)NC(=O)c2cc3cc(Cl)ccc3[nH]2)CC1)[C@H]1CCC2C3C(C[C@H](O)[C@@]21C)[C@@]1(C)CC[C@@H](O)C[C@H]1C[C@H]3O. The van der Waals surface area contributed by atoms with E-state index in [1.807, 2.05) is 0 Å². The summed E-state index contributed by atoms with van der Waals surface area (Å²) < 4.78 is 19.5. The molecule has 2 heterocycles. The Morgan fingerprint density at radius 1 is 0.923 bits per heavy atom. The summed E-state index contributed by atoms with van der Waals surface area (Å²) in [6.07, 6.45) is 5.00. The van der Waals surface area contributed by atoms with Crippen molar-refractivity contribution >= 4 is 46.2 Å². The third-order valence-electron chi connectivity index (χ3n) is 17.0. The number of likely N-dealkylation sites (tertiary alicyclic amines) is 1. The molecule has 8 rings (SSSR count). The number of aliphatic hydroxyl groups is 4. The number of carbonyl (C=O) groups excluding carboxylic acids is 4. The number of ether oxygens (including phenoxy) is 1. The highest BCUT2D eigenvalue weighted by atomic mass is 35.5. The van der Waals surface area contributed by atoms with Crippen molar-refractivity contribution < 1.29 is 48.7 Å². The number of benzene rings is 2. The molecule has 5 aliphatic rings. The quantitative estimate of drug-likeness (QED) is 0.105. The zero-order chi connectivity index (χ0) is 46.4. The first-order chi connectivity index (χ1) is 31.0. The number of aromatic amines is 1. The fraction of sp³-hybridized carbons (Fsp3) is 0.640. The van der Waals surface area contributed by atoms with E-state index in [0.29, 0.717) is 54.6 Å². The minimum Gasteiger partial charge on any atom is -0.461 e. The Morgan fingerprint density at radius 2 is 1.66 bits per heavy atom. The van der Waals surface area contributed by atoms with Crippen molar-refractivity contribution in [3.05, 3.63) is 70.6 Å². The average Bonchev–Trinajstić information content (AvgIpc) is 3.87. The lowest BCUT2D eigenvalue weighted by atomic mass is 9.43. The first-order valence-corrected chi connectivity index (χ1v) is 24.1. The van der Waals surface area contributed by atoms with Gasteiger partial charge in [-0.3, -0.25) is 14.4 Å². The number of nitrogens with zero attached hydrogens (tertiary/aromatic N) is 1. The number of piperidine rings is 1. The Bertz CT molecular complexity index is 2220. The number of H-pyrrole nitrogens is 1. The van der Waals surface area contributed by atoms with Gasteiger partial charge < -0.3 is 45.7 Å². The highest BCUT2D eigenvalue weighted by molar-refractivity contribution is 6.31. The molecule has 15 heteroatoms. The van der Waals surface area contributed by atoms with Gasteiger partial charge in [-0.25, -0.2) is 9.18 Å². The lowest BCUT2D eigenvalue weighted by Crippen LogP contribution is -2.62. The summed E-state index contributed by atoms with van der Waals surface area (Å²) in [5.41, 5.74) is 1.19. The lowest BCUT2D eigenvalue weighted by Gasteiger charge is -2.63. The van der Waals surface area contributed by atoms with Crippen LogP contribution in [0.3, 0.4) is 0 Å². The molecule has 65 heavy (non-hydrogen) atoms. The van der Waals surface area contributed by atoms with Gasteiger partial charge in [0, 0.05) is 54.7 Å². The number of aliphatic hydroxyl groups excluding tert-OH is 4. The van der Waals surface area contributed by atoms with Gasteiger partial charge in [-0.05, 0) is 140 Å². The number of fused-ring (bicyclic) bond motifs is 6. The van der Waals surface area contributed by atoms with E-state index in [4.69, 9.17) is 16.3 Å². The Labute approximate surface area is 385 Å². The summed E-state index contributed by atoms with van der Waals surface area (Å²) in [5, 5.41) is 51.0. The van der Waals surface area contributed by atoms with Crippen LogP contribution in [0.5, 0.6) is 0 Å². The Balaban J connectivity index is 0.822. The van der Waals surface area contributed by atoms with Gasteiger partial charge in [0.25, 0.3) is 5.91 Å². The summed E-state index contributed by atoms with van der Waals surface area (Å²) in [5.74, 6) is -1.47. The number of halogens is 2. The van der Waals surface area contributed by atoms with Crippen LogP contribution in [0.4, 0.5) is 4.39 Å². The van der Waals surface area contributed by atoms with E-state index >= 15 is 0 Å². The van der Waals surface area contributed by atoms with E-state index in [1.54, 1.807) is 41.3 Å². The Hall–Kier alpha value is -4.08.